The average molecular weight is 573 g/mol. The maximum atomic E-state index is 10.0. The summed E-state index contributed by atoms with van der Waals surface area (Å²) >= 11 is 13.0. The van der Waals surface area contributed by atoms with Gasteiger partial charge in [-0.2, -0.15) is 4.98 Å². The third-order valence-electron chi connectivity index (χ3n) is 6.15. The number of allylic oxidation sites excluding steroid dienone is 1. The van der Waals surface area contributed by atoms with Crippen LogP contribution >= 0.6 is 23.2 Å². The molecule has 1 aliphatic heterocycles. The molecule has 0 saturated heterocycles. The Morgan fingerprint density at radius 2 is 2.05 bits per heavy atom. The molecule has 0 bridgehead atoms. The second-order valence-electron chi connectivity index (χ2n) is 8.81. The highest BCUT2D eigenvalue weighted by atomic mass is 35.5. The fraction of sp³-hybridized carbons (Fsp3) is 0.346. The predicted molar refractivity (Wildman–Crippen MR) is 152 cm³/mol. The van der Waals surface area contributed by atoms with Crippen LogP contribution in [0.2, 0.25) is 5.02 Å². The number of aliphatic hydroxyl groups excluding tert-OH is 1. The summed E-state index contributed by atoms with van der Waals surface area (Å²) in [5.74, 6) is 1.51. The SMILES string of the molecule is CNC[C@@H](O)COc1ccc(Cl)c(-c2nc(/C(NC)=C(\Cl)C=N)c(C)c(N3Cc4cnc(OC)nc4C3)n2)c1. The molecule has 13 heteroatoms. The summed E-state index contributed by atoms with van der Waals surface area (Å²) in [5.41, 5.74) is 4.11. The van der Waals surface area contributed by atoms with Gasteiger partial charge in [-0.15, -0.1) is 0 Å². The Labute approximate surface area is 236 Å². The molecule has 3 heterocycles. The van der Waals surface area contributed by atoms with E-state index in [4.69, 9.17) is 48.1 Å². The number of halogens is 2. The Morgan fingerprint density at radius 3 is 2.74 bits per heavy atom. The first-order chi connectivity index (χ1) is 18.8. The van der Waals surface area contributed by atoms with Gasteiger partial charge in [0, 0.05) is 49.2 Å². The van der Waals surface area contributed by atoms with Crippen LogP contribution in [0.3, 0.4) is 0 Å². The molecule has 11 nitrogen and oxygen atoms in total. The van der Waals surface area contributed by atoms with E-state index in [-0.39, 0.29) is 11.6 Å². The molecule has 0 fully saturated rings. The lowest BCUT2D eigenvalue weighted by Crippen LogP contribution is -2.29. The molecule has 4 N–H and O–H groups in total. The number of nitrogens with zero attached hydrogens (tertiary/aromatic N) is 5. The Bertz CT molecular complexity index is 1400. The molecule has 2 aromatic heterocycles. The fourth-order valence-corrected chi connectivity index (χ4v) is 4.62. The van der Waals surface area contributed by atoms with Gasteiger partial charge in [-0.25, -0.2) is 15.0 Å². The smallest absolute Gasteiger partial charge is 0.316 e. The Hall–Kier alpha value is -3.51. The zero-order valence-electron chi connectivity index (χ0n) is 22.0. The molecule has 3 aromatic rings. The Balaban J connectivity index is 1.81. The van der Waals surface area contributed by atoms with Crippen LogP contribution in [0.15, 0.2) is 29.4 Å². The number of rotatable bonds is 11. The second-order valence-corrected chi connectivity index (χ2v) is 9.62. The van der Waals surface area contributed by atoms with Gasteiger partial charge in [0.25, 0.3) is 0 Å². The van der Waals surface area contributed by atoms with Gasteiger partial charge in [-0.05, 0) is 32.2 Å². The lowest BCUT2D eigenvalue weighted by atomic mass is 10.1. The lowest BCUT2D eigenvalue weighted by Gasteiger charge is -2.22. The normalized spacial score (nSPS) is 14.0. The first-order valence-corrected chi connectivity index (χ1v) is 12.9. The standard InChI is InChI=1S/C26H30Cl2N8O3/c1-14-22(23(31-3)20(28)8-29)34-24(18-7-17(5-6-19(18)27)39-13-16(37)10-30-2)35-25(14)36-11-15-9-32-26(38-4)33-21(15)12-36/h5-9,16,29-31,37H,10-13H2,1-4H3/b23-20+,29-8?/t16-/m1/s1. The van der Waals surface area contributed by atoms with Crippen molar-refractivity contribution in [1.29, 1.82) is 5.41 Å². The number of fused-ring (bicyclic) bond motifs is 1. The van der Waals surface area contributed by atoms with Crippen molar-refractivity contribution in [2.75, 3.05) is 39.3 Å². The van der Waals surface area contributed by atoms with Gasteiger partial charge in [-0.3, -0.25) is 0 Å². The topological polar surface area (TPSA) is 141 Å². The van der Waals surface area contributed by atoms with Gasteiger partial charge in [-0.1, -0.05) is 23.2 Å². The number of methoxy groups -OCH3 is 1. The Morgan fingerprint density at radius 1 is 1.26 bits per heavy atom. The molecular formula is C26H30Cl2N8O3. The maximum Gasteiger partial charge on any atom is 0.316 e. The third kappa shape index (κ3) is 6.22. The lowest BCUT2D eigenvalue weighted by molar-refractivity contribution is 0.108. The molecule has 4 rings (SSSR count). The maximum absolute atomic E-state index is 10.0. The zero-order valence-corrected chi connectivity index (χ0v) is 23.6. The second kappa shape index (κ2) is 12.6. The number of anilines is 1. The summed E-state index contributed by atoms with van der Waals surface area (Å²) in [4.78, 5) is 20.5. The molecule has 0 saturated carbocycles. The number of aromatic nitrogens is 4. The van der Waals surface area contributed by atoms with E-state index in [9.17, 15) is 5.11 Å². The van der Waals surface area contributed by atoms with Crippen LogP contribution in [0.4, 0.5) is 5.82 Å². The van der Waals surface area contributed by atoms with E-state index in [1.807, 2.05) is 6.92 Å². The number of hydrogen-bond donors (Lipinski definition) is 4. The quantitative estimate of drug-likeness (QED) is 0.253. The number of likely N-dealkylation sites (N-methyl/N-ethyl adjacent to an activating group) is 1. The van der Waals surface area contributed by atoms with E-state index in [0.717, 1.165) is 23.0 Å². The largest absolute Gasteiger partial charge is 0.491 e. The summed E-state index contributed by atoms with van der Waals surface area (Å²) in [6, 6.07) is 5.47. The molecule has 0 aliphatic carbocycles. The molecule has 39 heavy (non-hydrogen) atoms. The number of aliphatic hydroxyl groups is 1. The number of ether oxygens (including phenoxy) is 2. The minimum absolute atomic E-state index is 0.102. The van der Waals surface area contributed by atoms with E-state index < -0.39 is 6.10 Å². The molecule has 1 aliphatic rings. The van der Waals surface area contributed by atoms with Crippen molar-refractivity contribution in [1.82, 2.24) is 30.6 Å². The summed E-state index contributed by atoms with van der Waals surface area (Å²) < 4.78 is 11.0. The highest BCUT2D eigenvalue weighted by Gasteiger charge is 2.27. The van der Waals surface area contributed by atoms with Gasteiger partial charge in [0.05, 0.1) is 40.8 Å². The molecule has 1 atom stereocenters. The van der Waals surface area contributed by atoms with Gasteiger partial charge in [0.2, 0.25) is 0 Å². The van der Waals surface area contributed by atoms with E-state index in [0.29, 0.717) is 65.0 Å². The number of hydrogen-bond acceptors (Lipinski definition) is 11. The summed E-state index contributed by atoms with van der Waals surface area (Å²) in [6.45, 7) is 3.43. The van der Waals surface area contributed by atoms with E-state index in [1.54, 1.807) is 38.5 Å². The Kier molecular flexibility index (Phi) is 9.18. The van der Waals surface area contributed by atoms with Crippen LogP contribution in [0.5, 0.6) is 11.8 Å². The summed E-state index contributed by atoms with van der Waals surface area (Å²) in [5, 5.41) is 24.3. The monoisotopic (exact) mass is 572 g/mol. The molecule has 0 radical (unpaired) electrons. The number of benzene rings is 1. The minimum atomic E-state index is -0.673. The molecule has 0 amide bonds. The molecular weight excluding hydrogens is 543 g/mol. The van der Waals surface area contributed by atoms with Crippen LogP contribution in [0, 0.1) is 12.3 Å². The summed E-state index contributed by atoms with van der Waals surface area (Å²) in [6.07, 6.45) is 2.14. The van der Waals surface area contributed by atoms with Crippen molar-refractivity contribution in [3.8, 4) is 23.1 Å². The van der Waals surface area contributed by atoms with Crippen molar-refractivity contribution in [2.45, 2.75) is 26.1 Å². The molecule has 206 valence electrons. The molecule has 1 aromatic carbocycles. The predicted octanol–water partition coefficient (Wildman–Crippen LogP) is 3.16. The highest BCUT2D eigenvalue weighted by Crippen LogP contribution is 2.36. The molecule has 0 spiro atoms. The van der Waals surface area contributed by atoms with Gasteiger partial charge < -0.3 is 35.5 Å². The average Bonchev–Trinajstić information content (AvgIpc) is 3.37. The van der Waals surface area contributed by atoms with E-state index in [2.05, 4.69) is 25.5 Å². The van der Waals surface area contributed by atoms with Crippen LogP contribution in [0.1, 0.15) is 22.5 Å². The fourth-order valence-electron chi connectivity index (χ4n) is 4.24. The van der Waals surface area contributed by atoms with Crippen LogP contribution in [-0.4, -0.2) is 71.7 Å². The van der Waals surface area contributed by atoms with Crippen LogP contribution in [-0.2, 0) is 13.1 Å². The van der Waals surface area contributed by atoms with Crippen molar-refractivity contribution in [3.05, 3.63) is 57.0 Å². The van der Waals surface area contributed by atoms with Gasteiger partial charge >= 0.3 is 6.01 Å². The van der Waals surface area contributed by atoms with Crippen molar-refractivity contribution >= 4 is 40.9 Å². The first kappa shape index (κ1) is 28.5. The van der Waals surface area contributed by atoms with Gasteiger partial charge in [0.1, 0.15) is 24.3 Å². The van der Waals surface area contributed by atoms with Crippen molar-refractivity contribution in [3.63, 3.8) is 0 Å². The van der Waals surface area contributed by atoms with E-state index >= 15 is 0 Å². The zero-order chi connectivity index (χ0) is 28.1. The van der Waals surface area contributed by atoms with Crippen LogP contribution < -0.4 is 25.0 Å². The third-order valence-corrected chi connectivity index (χ3v) is 6.78. The van der Waals surface area contributed by atoms with E-state index in [1.165, 1.54) is 7.11 Å². The number of nitrogens with one attached hydrogen (secondary N) is 3. The first-order valence-electron chi connectivity index (χ1n) is 12.2. The summed E-state index contributed by atoms with van der Waals surface area (Å²) in [7, 11) is 5.00. The minimum Gasteiger partial charge on any atom is -0.491 e. The van der Waals surface area contributed by atoms with Crippen molar-refractivity contribution in [2.24, 2.45) is 0 Å². The van der Waals surface area contributed by atoms with Crippen molar-refractivity contribution < 1.29 is 14.6 Å². The molecule has 0 unspecified atom stereocenters. The highest BCUT2D eigenvalue weighted by molar-refractivity contribution is 6.42. The van der Waals surface area contributed by atoms with Crippen LogP contribution in [0.25, 0.3) is 17.1 Å². The van der Waals surface area contributed by atoms with Gasteiger partial charge in [0.15, 0.2) is 5.82 Å².